The van der Waals surface area contributed by atoms with Gasteiger partial charge in [0.05, 0.1) is 12.1 Å². The highest BCUT2D eigenvalue weighted by molar-refractivity contribution is 5.92. The first-order valence-corrected chi connectivity index (χ1v) is 11.0. The van der Waals surface area contributed by atoms with Crippen molar-refractivity contribution in [2.24, 2.45) is 7.05 Å². The zero-order chi connectivity index (χ0) is 22.7. The number of nitrogens with zero attached hydrogens (tertiary/aromatic N) is 4. The highest BCUT2D eigenvalue weighted by Crippen LogP contribution is 2.24. The maximum absolute atomic E-state index is 12.8. The smallest absolute Gasteiger partial charge is 0.269 e. The van der Waals surface area contributed by atoms with Crippen LogP contribution in [0.3, 0.4) is 0 Å². The molecule has 4 rings (SSSR count). The van der Waals surface area contributed by atoms with Crippen LogP contribution in [0.15, 0.2) is 42.6 Å². The average molecular weight is 432 g/mol. The molecule has 0 aliphatic carbocycles. The minimum Gasteiger partial charge on any atom is -0.347 e. The van der Waals surface area contributed by atoms with Gasteiger partial charge in [-0.3, -0.25) is 19.3 Å². The van der Waals surface area contributed by atoms with Crippen molar-refractivity contribution in [3.63, 3.8) is 0 Å². The number of aromatic nitrogens is 3. The van der Waals surface area contributed by atoms with Gasteiger partial charge in [-0.05, 0) is 48.1 Å². The van der Waals surface area contributed by atoms with Gasteiger partial charge in [-0.2, -0.15) is 5.10 Å². The molecule has 0 saturated heterocycles. The Balaban J connectivity index is 1.45. The predicted molar refractivity (Wildman–Crippen MR) is 122 cm³/mol. The molecule has 3 heterocycles. The number of pyridine rings is 1. The van der Waals surface area contributed by atoms with Crippen LogP contribution in [-0.4, -0.2) is 38.0 Å². The van der Waals surface area contributed by atoms with Crippen molar-refractivity contribution in [3.05, 3.63) is 81.9 Å². The molecular weight excluding hydrogens is 402 g/mol. The lowest BCUT2D eigenvalue weighted by atomic mass is 9.94. The molecule has 0 fully saturated rings. The van der Waals surface area contributed by atoms with E-state index in [4.69, 9.17) is 0 Å². The third-order valence-corrected chi connectivity index (χ3v) is 6.10. The van der Waals surface area contributed by atoms with Gasteiger partial charge in [0.2, 0.25) is 5.91 Å². The Morgan fingerprint density at radius 3 is 2.69 bits per heavy atom. The first-order chi connectivity index (χ1) is 15.5. The van der Waals surface area contributed by atoms with Crippen LogP contribution in [0.4, 0.5) is 0 Å². The minimum atomic E-state index is -0.146. The Morgan fingerprint density at radius 1 is 1.19 bits per heavy atom. The van der Waals surface area contributed by atoms with E-state index in [9.17, 15) is 9.59 Å². The number of hydrogen-bond acceptors (Lipinski definition) is 4. The molecule has 0 unspecified atom stereocenters. The zero-order valence-corrected chi connectivity index (χ0v) is 18.9. The van der Waals surface area contributed by atoms with Gasteiger partial charge in [0.1, 0.15) is 5.69 Å². The molecule has 1 aliphatic heterocycles. The summed E-state index contributed by atoms with van der Waals surface area (Å²) < 4.78 is 1.62. The molecule has 7 heteroatoms. The van der Waals surface area contributed by atoms with Crippen LogP contribution in [-0.2, 0) is 44.2 Å². The maximum atomic E-state index is 12.8. The van der Waals surface area contributed by atoms with Gasteiger partial charge in [0.25, 0.3) is 5.91 Å². The number of carbonyl (C=O) groups is 2. The molecule has 3 aromatic rings. The van der Waals surface area contributed by atoms with Gasteiger partial charge in [0, 0.05) is 38.6 Å². The highest BCUT2D eigenvalue weighted by Gasteiger charge is 2.24. The van der Waals surface area contributed by atoms with Crippen LogP contribution in [0.25, 0.3) is 0 Å². The number of rotatable bonds is 6. The van der Waals surface area contributed by atoms with E-state index >= 15 is 0 Å². The summed E-state index contributed by atoms with van der Waals surface area (Å²) in [7, 11) is 1.78. The van der Waals surface area contributed by atoms with Crippen molar-refractivity contribution in [1.29, 1.82) is 0 Å². The van der Waals surface area contributed by atoms with Crippen LogP contribution in [0.5, 0.6) is 0 Å². The van der Waals surface area contributed by atoms with Crippen molar-refractivity contribution < 1.29 is 9.59 Å². The lowest BCUT2D eigenvalue weighted by Crippen LogP contribution is -2.38. The van der Waals surface area contributed by atoms with Crippen LogP contribution < -0.4 is 5.32 Å². The second kappa shape index (κ2) is 9.34. The number of amides is 2. The Labute approximate surface area is 188 Å². The van der Waals surface area contributed by atoms with Crippen molar-refractivity contribution in [2.45, 2.75) is 46.2 Å². The molecule has 1 aromatic carbocycles. The van der Waals surface area contributed by atoms with Crippen molar-refractivity contribution in [2.75, 3.05) is 6.54 Å². The van der Waals surface area contributed by atoms with Gasteiger partial charge < -0.3 is 10.2 Å². The summed E-state index contributed by atoms with van der Waals surface area (Å²) in [6, 6.07) is 11.7. The lowest BCUT2D eigenvalue weighted by molar-refractivity contribution is -0.131. The standard InChI is InChI=1S/C25H29N5O2/c1-4-20-13-23(29(3)28-20)25(32)27-15-22-17(2)26-14-19-16-30(11-10-21(19)22)24(31)12-18-8-6-5-7-9-18/h5-9,13-14H,4,10-12,15-16H2,1-3H3,(H,27,32). The van der Waals surface area contributed by atoms with E-state index in [0.717, 1.165) is 40.9 Å². The molecular formula is C25H29N5O2. The molecule has 32 heavy (non-hydrogen) atoms. The Bertz CT molecular complexity index is 1140. The highest BCUT2D eigenvalue weighted by atomic mass is 16.2. The zero-order valence-electron chi connectivity index (χ0n) is 18.9. The first kappa shape index (κ1) is 21.7. The van der Waals surface area contributed by atoms with Crippen LogP contribution >= 0.6 is 0 Å². The fraction of sp³-hybridized carbons (Fsp3) is 0.360. The molecule has 1 N–H and O–H groups in total. The van der Waals surface area contributed by atoms with Crippen molar-refractivity contribution >= 4 is 11.8 Å². The molecule has 166 valence electrons. The second-order valence-corrected chi connectivity index (χ2v) is 8.23. The number of nitrogens with one attached hydrogen (secondary N) is 1. The van der Waals surface area contributed by atoms with Crippen LogP contribution in [0.2, 0.25) is 0 Å². The summed E-state index contributed by atoms with van der Waals surface area (Å²) in [5.74, 6) is -0.0209. The molecule has 0 atom stereocenters. The van der Waals surface area contributed by atoms with Gasteiger partial charge in [-0.15, -0.1) is 0 Å². The van der Waals surface area contributed by atoms with E-state index in [-0.39, 0.29) is 11.8 Å². The summed E-state index contributed by atoms with van der Waals surface area (Å²) in [4.78, 5) is 32.0. The van der Waals surface area contributed by atoms with Crippen molar-refractivity contribution in [3.8, 4) is 0 Å². The maximum Gasteiger partial charge on any atom is 0.269 e. The van der Waals surface area contributed by atoms with Crippen LogP contribution in [0, 0.1) is 6.92 Å². The fourth-order valence-corrected chi connectivity index (χ4v) is 4.22. The summed E-state index contributed by atoms with van der Waals surface area (Å²) in [6.45, 7) is 5.62. The minimum absolute atomic E-state index is 0.125. The number of fused-ring (bicyclic) bond motifs is 1. The third kappa shape index (κ3) is 4.56. The van der Waals surface area contributed by atoms with E-state index in [1.807, 2.05) is 61.3 Å². The van der Waals surface area contributed by atoms with Crippen LogP contribution in [0.1, 0.15) is 51.1 Å². The number of benzene rings is 1. The van der Waals surface area contributed by atoms with Gasteiger partial charge in [-0.1, -0.05) is 37.3 Å². The molecule has 0 radical (unpaired) electrons. The van der Waals surface area contributed by atoms with E-state index in [1.165, 1.54) is 5.56 Å². The third-order valence-electron chi connectivity index (χ3n) is 6.10. The Kier molecular flexibility index (Phi) is 6.35. The lowest BCUT2D eigenvalue weighted by Gasteiger charge is -2.30. The van der Waals surface area contributed by atoms with Crippen molar-refractivity contribution in [1.82, 2.24) is 25.0 Å². The summed E-state index contributed by atoms with van der Waals surface area (Å²) in [5, 5.41) is 7.38. The molecule has 1 aliphatic rings. The van der Waals surface area contributed by atoms with Gasteiger partial charge >= 0.3 is 0 Å². The quantitative estimate of drug-likeness (QED) is 0.651. The average Bonchev–Trinajstić information content (AvgIpc) is 3.19. The Morgan fingerprint density at radius 2 is 1.97 bits per heavy atom. The van der Waals surface area contributed by atoms with E-state index in [1.54, 1.807) is 11.7 Å². The topological polar surface area (TPSA) is 80.1 Å². The molecule has 7 nitrogen and oxygen atoms in total. The fourth-order valence-electron chi connectivity index (χ4n) is 4.22. The van der Waals surface area contributed by atoms with E-state index in [2.05, 4.69) is 15.4 Å². The van der Waals surface area contributed by atoms with E-state index < -0.39 is 0 Å². The molecule has 2 aromatic heterocycles. The molecule has 2 amide bonds. The number of hydrogen-bond donors (Lipinski definition) is 1. The normalized spacial score (nSPS) is 13.0. The van der Waals surface area contributed by atoms with Gasteiger partial charge in [0.15, 0.2) is 0 Å². The number of aryl methyl sites for hydroxylation is 3. The second-order valence-electron chi connectivity index (χ2n) is 8.23. The summed E-state index contributed by atoms with van der Waals surface area (Å²) in [6.07, 6.45) is 3.82. The summed E-state index contributed by atoms with van der Waals surface area (Å²) >= 11 is 0. The predicted octanol–water partition coefficient (Wildman–Crippen LogP) is 2.74. The SMILES string of the molecule is CCc1cc(C(=O)NCc2c(C)ncc3c2CCN(C(=O)Cc2ccccc2)C3)n(C)n1. The van der Waals surface area contributed by atoms with Gasteiger partial charge in [-0.25, -0.2) is 0 Å². The number of carbonyl (C=O) groups excluding carboxylic acids is 2. The molecule has 0 saturated carbocycles. The summed E-state index contributed by atoms with van der Waals surface area (Å²) in [5.41, 5.74) is 6.68. The first-order valence-electron chi connectivity index (χ1n) is 11.0. The Hall–Kier alpha value is -3.48. The monoisotopic (exact) mass is 431 g/mol. The molecule has 0 spiro atoms. The molecule has 0 bridgehead atoms. The largest absolute Gasteiger partial charge is 0.347 e. The van der Waals surface area contributed by atoms with E-state index in [0.29, 0.717) is 31.7 Å².